The second-order valence-electron chi connectivity index (χ2n) is 10.0. The normalized spacial score (nSPS) is 17.0. The molecule has 1 aromatic heterocycles. The molecule has 1 aliphatic rings. The van der Waals surface area contributed by atoms with Crippen LogP contribution in [0.4, 0.5) is 4.39 Å². The Morgan fingerprint density at radius 3 is 2.64 bits per heavy atom. The molecule has 0 unspecified atom stereocenters. The number of likely N-dealkylation sites (tertiary alicyclic amines) is 1. The lowest BCUT2D eigenvalue weighted by Gasteiger charge is -2.36. The van der Waals surface area contributed by atoms with Gasteiger partial charge in [0, 0.05) is 19.1 Å². The maximum Gasteiger partial charge on any atom is 0.243 e. The Morgan fingerprint density at radius 2 is 1.90 bits per heavy atom. The third kappa shape index (κ3) is 7.41. The molecule has 1 fully saturated rings. The zero-order chi connectivity index (χ0) is 27.8. The molecule has 9 nitrogen and oxygen atoms in total. The van der Waals surface area contributed by atoms with E-state index in [0.29, 0.717) is 24.4 Å². The molecule has 3 amide bonds. The van der Waals surface area contributed by atoms with Crippen LogP contribution in [0.15, 0.2) is 48.5 Å². The van der Waals surface area contributed by atoms with Crippen LogP contribution in [0.3, 0.4) is 0 Å². The summed E-state index contributed by atoms with van der Waals surface area (Å²) in [6, 6.07) is 12.8. The maximum absolute atomic E-state index is 14.1. The molecule has 208 valence electrons. The van der Waals surface area contributed by atoms with Gasteiger partial charge in [0.15, 0.2) is 5.82 Å². The maximum atomic E-state index is 14.1. The Kier molecular flexibility index (Phi) is 9.64. The first kappa shape index (κ1) is 28.2. The number of hydrogen-bond acceptors (Lipinski definition) is 5. The van der Waals surface area contributed by atoms with Gasteiger partial charge < -0.3 is 25.8 Å². The molecule has 2 heterocycles. The summed E-state index contributed by atoms with van der Waals surface area (Å²) in [6.45, 7) is 4.91. The minimum absolute atomic E-state index is 0.00737. The number of carbonyl (C=O) groups excluding carboxylic acids is 3. The van der Waals surface area contributed by atoms with E-state index in [-0.39, 0.29) is 36.3 Å². The fraction of sp³-hybridized carbons (Fsp3) is 0.448. The zero-order valence-electron chi connectivity index (χ0n) is 22.5. The fourth-order valence-corrected chi connectivity index (χ4v) is 5.02. The van der Waals surface area contributed by atoms with Gasteiger partial charge in [-0.05, 0) is 50.3 Å². The Bertz CT molecular complexity index is 1280. The molecule has 0 saturated carbocycles. The van der Waals surface area contributed by atoms with Gasteiger partial charge in [-0.1, -0.05) is 43.3 Å². The fourth-order valence-electron chi connectivity index (χ4n) is 5.02. The molecule has 4 rings (SSSR count). The van der Waals surface area contributed by atoms with E-state index in [4.69, 9.17) is 0 Å². The van der Waals surface area contributed by atoms with Gasteiger partial charge in [0.1, 0.15) is 17.4 Å². The van der Waals surface area contributed by atoms with E-state index >= 15 is 0 Å². The van der Waals surface area contributed by atoms with Gasteiger partial charge in [-0.2, -0.15) is 0 Å². The SMILES string of the molecule is CC[C@H]1CCCCN1C(=O)C[C@H](NC(=O)CNCc1ccccc1)C(=O)N[C@@H](C)c1nc2c(F)cccc2[nH]1. The van der Waals surface area contributed by atoms with Crippen molar-refractivity contribution in [2.24, 2.45) is 0 Å². The van der Waals surface area contributed by atoms with Crippen LogP contribution in [-0.4, -0.2) is 57.8 Å². The largest absolute Gasteiger partial charge is 0.345 e. The number of rotatable bonds is 11. The third-order valence-corrected chi connectivity index (χ3v) is 7.16. The molecule has 3 atom stereocenters. The minimum Gasteiger partial charge on any atom is -0.345 e. The highest BCUT2D eigenvalue weighted by Gasteiger charge is 2.31. The van der Waals surface area contributed by atoms with Crippen molar-refractivity contribution < 1.29 is 18.8 Å². The van der Waals surface area contributed by atoms with E-state index in [2.05, 4.69) is 32.8 Å². The Balaban J connectivity index is 1.43. The molecule has 1 aliphatic heterocycles. The number of aromatic nitrogens is 2. The number of nitrogens with zero attached hydrogens (tertiary/aromatic N) is 2. The molecular weight excluding hydrogens is 499 g/mol. The number of H-pyrrole nitrogens is 1. The van der Waals surface area contributed by atoms with Crippen LogP contribution in [0.1, 0.15) is 63.4 Å². The summed E-state index contributed by atoms with van der Waals surface area (Å²) in [5.74, 6) is -1.12. The molecular formula is C29H37FN6O3. The second kappa shape index (κ2) is 13.3. The number of para-hydroxylation sites is 1. The van der Waals surface area contributed by atoms with Crippen molar-refractivity contribution in [1.82, 2.24) is 30.8 Å². The first-order chi connectivity index (χ1) is 18.9. The van der Waals surface area contributed by atoms with Gasteiger partial charge in [0.05, 0.1) is 24.5 Å². The number of halogens is 1. The minimum atomic E-state index is -1.06. The van der Waals surface area contributed by atoms with Crippen LogP contribution in [0.2, 0.25) is 0 Å². The van der Waals surface area contributed by atoms with Crippen molar-refractivity contribution in [1.29, 1.82) is 0 Å². The van der Waals surface area contributed by atoms with Gasteiger partial charge >= 0.3 is 0 Å². The highest BCUT2D eigenvalue weighted by molar-refractivity contribution is 5.92. The number of imidazole rings is 1. The molecule has 1 saturated heterocycles. The summed E-state index contributed by atoms with van der Waals surface area (Å²) < 4.78 is 14.1. The van der Waals surface area contributed by atoms with Crippen molar-refractivity contribution in [3.05, 3.63) is 65.7 Å². The average Bonchev–Trinajstić information content (AvgIpc) is 3.39. The second-order valence-corrected chi connectivity index (χ2v) is 10.0. The first-order valence-electron chi connectivity index (χ1n) is 13.6. The standard InChI is InChI=1S/C29H37FN6O3/c1-3-21-12-7-8-15-36(21)26(38)16-24(33-25(37)18-31-17-20-10-5-4-6-11-20)29(39)32-19(2)28-34-23-14-9-13-22(30)27(23)35-28/h4-6,9-11,13-14,19,21,24,31H,3,7-8,12,15-18H2,1-2H3,(H,32,39)(H,33,37)(H,34,35)/t19-,21-,24-/m0/s1. The summed E-state index contributed by atoms with van der Waals surface area (Å²) in [5, 5.41) is 8.66. The van der Waals surface area contributed by atoms with Gasteiger partial charge in [-0.25, -0.2) is 9.37 Å². The Labute approximate surface area is 227 Å². The number of piperidine rings is 1. The predicted octanol–water partition coefficient (Wildman–Crippen LogP) is 3.34. The molecule has 0 radical (unpaired) electrons. The average molecular weight is 537 g/mol. The van der Waals surface area contributed by atoms with Crippen molar-refractivity contribution in [2.45, 2.75) is 70.6 Å². The topological polar surface area (TPSA) is 119 Å². The molecule has 2 aromatic carbocycles. The van der Waals surface area contributed by atoms with Crippen LogP contribution in [-0.2, 0) is 20.9 Å². The zero-order valence-corrected chi connectivity index (χ0v) is 22.5. The van der Waals surface area contributed by atoms with Gasteiger partial charge in [-0.3, -0.25) is 14.4 Å². The summed E-state index contributed by atoms with van der Waals surface area (Å²) in [5.41, 5.74) is 1.74. The predicted molar refractivity (Wildman–Crippen MR) is 147 cm³/mol. The van der Waals surface area contributed by atoms with E-state index in [9.17, 15) is 18.8 Å². The molecule has 3 aromatic rings. The molecule has 4 N–H and O–H groups in total. The number of aromatic amines is 1. The lowest BCUT2D eigenvalue weighted by atomic mass is 9.99. The van der Waals surface area contributed by atoms with Crippen LogP contribution < -0.4 is 16.0 Å². The summed E-state index contributed by atoms with van der Waals surface area (Å²) in [6.07, 6.45) is 3.64. The first-order valence-corrected chi connectivity index (χ1v) is 13.6. The van der Waals surface area contributed by atoms with Crippen molar-refractivity contribution in [3.8, 4) is 0 Å². The summed E-state index contributed by atoms with van der Waals surface area (Å²) in [7, 11) is 0. The van der Waals surface area contributed by atoms with Crippen molar-refractivity contribution in [2.75, 3.05) is 13.1 Å². The van der Waals surface area contributed by atoms with E-state index in [1.54, 1.807) is 19.1 Å². The van der Waals surface area contributed by atoms with Crippen LogP contribution in [0.25, 0.3) is 11.0 Å². The highest BCUT2D eigenvalue weighted by Crippen LogP contribution is 2.21. The summed E-state index contributed by atoms with van der Waals surface area (Å²) >= 11 is 0. The smallest absolute Gasteiger partial charge is 0.243 e. The van der Waals surface area contributed by atoms with E-state index in [1.165, 1.54) is 6.07 Å². The van der Waals surface area contributed by atoms with Crippen LogP contribution in [0.5, 0.6) is 0 Å². The number of fused-ring (bicyclic) bond motifs is 1. The number of hydrogen-bond donors (Lipinski definition) is 4. The Hall–Kier alpha value is -3.79. The number of amides is 3. The van der Waals surface area contributed by atoms with Crippen LogP contribution in [0, 0.1) is 5.82 Å². The van der Waals surface area contributed by atoms with Gasteiger partial charge in [-0.15, -0.1) is 0 Å². The highest BCUT2D eigenvalue weighted by atomic mass is 19.1. The third-order valence-electron chi connectivity index (χ3n) is 7.16. The van der Waals surface area contributed by atoms with Crippen LogP contribution >= 0.6 is 0 Å². The van der Waals surface area contributed by atoms with Crippen molar-refractivity contribution >= 4 is 28.8 Å². The number of carbonyl (C=O) groups is 3. The van der Waals surface area contributed by atoms with E-state index in [0.717, 1.165) is 31.2 Å². The molecule has 0 spiro atoms. The lowest BCUT2D eigenvalue weighted by molar-refractivity contribution is -0.139. The van der Waals surface area contributed by atoms with E-state index in [1.807, 2.05) is 35.2 Å². The quantitative estimate of drug-likeness (QED) is 0.300. The molecule has 10 heteroatoms. The number of benzene rings is 2. The lowest BCUT2D eigenvalue weighted by Crippen LogP contribution is -2.53. The molecule has 0 aliphatic carbocycles. The number of nitrogens with one attached hydrogen (secondary N) is 4. The monoisotopic (exact) mass is 536 g/mol. The van der Waals surface area contributed by atoms with Gasteiger partial charge in [0.25, 0.3) is 0 Å². The summed E-state index contributed by atoms with van der Waals surface area (Å²) in [4.78, 5) is 48.6. The van der Waals surface area contributed by atoms with Crippen molar-refractivity contribution in [3.63, 3.8) is 0 Å². The Morgan fingerprint density at radius 1 is 1.10 bits per heavy atom. The van der Waals surface area contributed by atoms with Gasteiger partial charge in [0.2, 0.25) is 17.7 Å². The molecule has 39 heavy (non-hydrogen) atoms. The van der Waals surface area contributed by atoms with E-state index < -0.39 is 23.8 Å². The molecule has 0 bridgehead atoms.